The van der Waals surface area contributed by atoms with Crippen molar-refractivity contribution in [2.75, 3.05) is 31.1 Å². The minimum atomic E-state index is -3.28. The molecule has 33 heavy (non-hydrogen) atoms. The molecule has 1 heterocycles. The van der Waals surface area contributed by atoms with Crippen LogP contribution in [0.5, 0.6) is 0 Å². The van der Waals surface area contributed by atoms with E-state index in [1.807, 2.05) is 48.5 Å². The van der Waals surface area contributed by atoms with E-state index >= 15 is 0 Å². The van der Waals surface area contributed by atoms with E-state index in [0.717, 1.165) is 23.3 Å². The van der Waals surface area contributed by atoms with Crippen molar-refractivity contribution < 1.29 is 13.2 Å². The maximum Gasteiger partial charge on any atom is 0.223 e. The lowest BCUT2D eigenvalue weighted by atomic mass is 9.97. The highest BCUT2D eigenvalue weighted by Crippen LogP contribution is 2.28. The Labute approximate surface area is 211 Å². The highest BCUT2D eigenvalue weighted by atomic mass is 35.5. The van der Waals surface area contributed by atoms with Crippen LogP contribution in [0.25, 0.3) is 0 Å². The predicted octanol–water partition coefficient (Wildman–Crippen LogP) is 5.02. The van der Waals surface area contributed by atoms with Crippen LogP contribution in [0.3, 0.4) is 0 Å². The lowest BCUT2D eigenvalue weighted by Gasteiger charge is -2.30. The third-order valence-corrected chi connectivity index (χ3v) is 9.43. The number of nitrogens with zero attached hydrogens (tertiary/aromatic N) is 1. The summed E-state index contributed by atoms with van der Waals surface area (Å²) in [4.78, 5) is 12.5. The van der Waals surface area contributed by atoms with Gasteiger partial charge in [-0.15, -0.1) is 0 Å². The van der Waals surface area contributed by atoms with Gasteiger partial charge in [-0.2, -0.15) is 11.8 Å². The number of hydrogen-bond acceptors (Lipinski definition) is 4. The first-order valence-electron chi connectivity index (χ1n) is 11.2. The monoisotopic (exact) mass is 528 g/mol. The summed E-state index contributed by atoms with van der Waals surface area (Å²) in [5.74, 6) is 1.46. The predicted molar refractivity (Wildman–Crippen MR) is 138 cm³/mol. The molecule has 5 nitrogen and oxygen atoms in total. The molecular formula is C24H30Cl2N2O3S2. The average molecular weight is 530 g/mol. The fourth-order valence-electron chi connectivity index (χ4n) is 3.86. The fraction of sp³-hybridized carbons (Fsp3) is 0.458. The number of sulfonamides is 1. The van der Waals surface area contributed by atoms with Crippen LogP contribution >= 0.6 is 35.0 Å². The van der Waals surface area contributed by atoms with Gasteiger partial charge in [0, 0.05) is 47.1 Å². The van der Waals surface area contributed by atoms with Gasteiger partial charge in [-0.05, 0) is 48.9 Å². The van der Waals surface area contributed by atoms with E-state index in [1.54, 1.807) is 16.1 Å². The van der Waals surface area contributed by atoms with Crippen LogP contribution in [0.15, 0.2) is 48.5 Å². The molecule has 1 aliphatic heterocycles. The molecule has 1 saturated heterocycles. The summed E-state index contributed by atoms with van der Waals surface area (Å²) < 4.78 is 26.9. The van der Waals surface area contributed by atoms with E-state index in [4.69, 9.17) is 23.2 Å². The molecule has 1 aliphatic rings. The van der Waals surface area contributed by atoms with E-state index in [0.29, 0.717) is 54.7 Å². The summed E-state index contributed by atoms with van der Waals surface area (Å²) in [5, 5.41) is 4.29. The van der Waals surface area contributed by atoms with E-state index in [9.17, 15) is 13.2 Å². The van der Waals surface area contributed by atoms with Gasteiger partial charge >= 0.3 is 0 Å². The standard InChI is InChI=1S/C24H30Cl2N2O3S2/c25-22-9-4-10-23(26)21(22)18-32-16-13-27-24(29)20-11-14-28(15-12-20)33(30,31)17-5-8-19-6-2-1-3-7-19/h1-4,6-7,9-10,20H,5,8,11-18H2,(H,27,29). The molecule has 0 aliphatic carbocycles. The Kier molecular flexibility index (Phi) is 10.4. The average Bonchev–Trinajstić information content (AvgIpc) is 2.81. The number of carbonyl (C=O) groups excluding carboxylic acids is 1. The Bertz CT molecular complexity index is 991. The third-order valence-electron chi connectivity index (χ3n) is 5.78. The molecule has 9 heteroatoms. The van der Waals surface area contributed by atoms with Gasteiger partial charge in [0.15, 0.2) is 0 Å². The van der Waals surface area contributed by atoms with Crippen molar-refractivity contribution >= 4 is 50.9 Å². The molecule has 0 spiro atoms. The topological polar surface area (TPSA) is 66.5 Å². The number of aryl methyl sites for hydroxylation is 1. The fourth-order valence-corrected chi connectivity index (χ4v) is 6.99. The molecule has 0 saturated carbocycles. The van der Waals surface area contributed by atoms with Crippen molar-refractivity contribution in [2.24, 2.45) is 5.92 Å². The molecule has 2 aromatic rings. The first-order chi connectivity index (χ1) is 15.9. The molecule has 1 amide bonds. The van der Waals surface area contributed by atoms with E-state index in [2.05, 4.69) is 5.32 Å². The second kappa shape index (κ2) is 13.0. The summed E-state index contributed by atoms with van der Waals surface area (Å²) in [5.41, 5.74) is 2.06. The lowest BCUT2D eigenvalue weighted by Crippen LogP contribution is -2.44. The number of rotatable bonds is 11. The van der Waals surface area contributed by atoms with Crippen LogP contribution in [0, 0.1) is 5.92 Å². The minimum Gasteiger partial charge on any atom is -0.355 e. The lowest BCUT2D eigenvalue weighted by molar-refractivity contribution is -0.125. The molecule has 1 N–H and O–H groups in total. The number of hydrogen-bond donors (Lipinski definition) is 1. The highest BCUT2D eigenvalue weighted by molar-refractivity contribution is 7.98. The highest BCUT2D eigenvalue weighted by Gasteiger charge is 2.30. The number of nitrogens with one attached hydrogen (secondary N) is 1. The molecule has 0 bridgehead atoms. The number of carbonyl (C=O) groups is 1. The van der Waals surface area contributed by atoms with Gasteiger partial charge in [-0.3, -0.25) is 4.79 Å². The summed E-state index contributed by atoms with van der Waals surface area (Å²) in [7, 11) is -3.28. The first kappa shape index (κ1) is 26.4. The van der Waals surface area contributed by atoms with Gasteiger partial charge in [0.1, 0.15) is 0 Å². The molecule has 2 aromatic carbocycles. The van der Waals surface area contributed by atoms with E-state index in [-0.39, 0.29) is 17.6 Å². The Balaban J connectivity index is 1.33. The van der Waals surface area contributed by atoms with Gasteiger partial charge in [-0.1, -0.05) is 59.6 Å². The number of piperidine rings is 1. The normalized spacial score (nSPS) is 15.5. The Morgan fingerprint density at radius 3 is 2.36 bits per heavy atom. The first-order valence-corrected chi connectivity index (χ1v) is 14.7. The second-order valence-electron chi connectivity index (χ2n) is 8.12. The molecular weight excluding hydrogens is 499 g/mol. The SMILES string of the molecule is O=C(NCCSCc1c(Cl)cccc1Cl)C1CCN(S(=O)(=O)CCCc2ccccc2)CC1. The van der Waals surface area contributed by atoms with Crippen molar-refractivity contribution in [1.82, 2.24) is 9.62 Å². The molecule has 1 fully saturated rings. The Morgan fingerprint density at radius 1 is 1.03 bits per heavy atom. The molecule has 3 rings (SSSR count). The van der Waals surface area contributed by atoms with Crippen LogP contribution < -0.4 is 5.32 Å². The Hall–Kier alpha value is -1.25. The third kappa shape index (κ3) is 8.18. The summed E-state index contributed by atoms with van der Waals surface area (Å²) in [6, 6.07) is 15.4. The van der Waals surface area contributed by atoms with Gasteiger partial charge < -0.3 is 5.32 Å². The largest absolute Gasteiger partial charge is 0.355 e. The quantitative estimate of drug-likeness (QED) is 0.416. The number of halogens is 2. The zero-order valence-corrected chi connectivity index (χ0v) is 21.7. The summed E-state index contributed by atoms with van der Waals surface area (Å²) in [6.45, 7) is 1.38. The molecule has 0 atom stereocenters. The minimum absolute atomic E-state index is 0.00695. The number of benzene rings is 2. The number of amides is 1. The van der Waals surface area contributed by atoms with Crippen molar-refractivity contribution in [3.63, 3.8) is 0 Å². The van der Waals surface area contributed by atoms with Crippen LogP contribution in [-0.4, -0.2) is 49.8 Å². The van der Waals surface area contributed by atoms with Crippen molar-refractivity contribution in [1.29, 1.82) is 0 Å². The van der Waals surface area contributed by atoms with Crippen molar-refractivity contribution in [3.8, 4) is 0 Å². The maximum atomic E-state index is 12.7. The van der Waals surface area contributed by atoms with Crippen LogP contribution in [0.1, 0.15) is 30.4 Å². The molecule has 0 unspecified atom stereocenters. The van der Waals surface area contributed by atoms with E-state index < -0.39 is 10.0 Å². The maximum absolute atomic E-state index is 12.7. The zero-order chi connectivity index (χ0) is 23.7. The van der Waals surface area contributed by atoms with Crippen molar-refractivity contribution in [3.05, 3.63) is 69.7 Å². The molecule has 0 radical (unpaired) electrons. The van der Waals surface area contributed by atoms with E-state index in [1.165, 1.54) is 0 Å². The van der Waals surface area contributed by atoms with Crippen LogP contribution in [0.2, 0.25) is 10.0 Å². The molecule has 0 aromatic heterocycles. The smallest absolute Gasteiger partial charge is 0.223 e. The molecule has 180 valence electrons. The van der Waals surface area contributed by atoms with Gasteiger partial charge in [0.05, 0.1) is 5.75 Å². The summed E-state index contributed by atoms with van der Waals surface area (Å²) >= 11 is 14.0. The van der Waals surface area contributed by atoms with Gasteiger partial charge in [0.25, 0.3) is 0 Å². The Morgan fingerprint density at radius 2 is 1.70 bits per heavy atom. The van der Waals surface area contributed by atoms with Gasteiger partial charge in [-0.25, -0.2) is 12.7 Å². The van der Waals surface area contributed by atoms with Gasteiger partial charge in [0.2, 0.25) is 15.9 Å². The number of thioether (sulfide) groups is 1. The zero-order valence-electron chi connectivity index (χ0n) is 18.5. The summed E-state index contributed by atoms with van der Waals surface area (Å²) in [6.07, 6.45) is 2.47. The van der Waals surface area contributed by atoms with Crippen LogP contribution in [-0.2, 0) is 27.0 Å². The van der Waals surface area contributed by atoms with Crippen molar-refractivity contribution in [2.45, 2.75) is 31.4 Å². The van der Waals surface area contributed by atoms with Crippen LogP contribution in [0.4, 0.5) is 0 Å². The second-order valence-corrected chi connectivity index (χ2v) is 12.1.